The Kier molecular flexibility index (Phi) is 9.93. The number of hydrogen-bond donors (Lipinski definition) is 0. The summed E-state index contributed by atoms with van der Waals surface area (Å²) in [6.07, 6.45) is 13.9. The van der Waals surface area contributed by atoms with Gasteiger partial charge in [0.15, 0.2) is 0 Å². The molecule has 0 amide bonds. The number of rotatable bonds is 11. The van der Waals surface area contributed by atoms with Gasteiger partial charge in [0.25, 0.3) is 0 Å². The van der Waals surface area contributed by atoms with E-state index in [1.165, 1.54) is 70.9 Å². The standard InChI is InChI=1S/C21H42N2O2S/c1-3-5-7-8-9-11-20(10-6-4-2)22-14-16-23(17-15-22)21-12-18-26(24,25)19-13-21/h20-21H,3-19H2,1-2H3. The number of nitrogens with zero attached hydrogens (tertiary/aromatic N) is 2. The Morgan fingerprint density at radius 3 is 2.00 bits per heavy atom. The largest absolute Gasteiger partial charge is 0.298 e. The molecular weight excluding hydrogens is 344 g/mol. The predicted octanol–water partition coefficient (Wildman–Crippen LogP) is 4.10. The topological polar surface area (TPSA) is 40.6 Å². The van der Waals surface area contributed by atoms with Crippen molar-refractivity contribution in [1.82, 2.24) is 9.80 Å². The molecule has 2 aliphatic heterocycles. The Hall–Kier alpha value is -0.130. The van der Waals surface area contributed by atoms with Crippen molar-refractivity contribution >= 4 is 9.84 Å². The molecule has 4 nitrogen and oxygen atoms in total. The lowest BCUT2D eigenvalue weighted by Crippen LogP contribution is -2.54. The Balaban J connectivity index is 1.74. The Bertz CT molecular complexity index is 458. The summed E-state index contributed by atoms with van der Waals surface area (Å²) in [7, 11) is -2.74. The van der Waals surface area contributed by atoms with Crippen molar-refractivity contribution in [3.63, 3.8) is 0 Å². The quantitative estimate of drug-likeness (QED) is 0.501. The molecule has 0 spiro atoms. The molecule has 2 saturated heterocycles. The average molecular weight is 387 g/mol. The van der Waals surface area contributed by atoms with Crippen molar-refractivity contribution in [2.45, 2.75) is 96.6 Å². The van der Waals surface area contributed by atoms with Crippen LogP contribution in [0.15, 0.2) is 0 Å². The normalized spacial score (nSPS) is 23.9. The molecule has 0 radical (unpaired) electrons. The highest BCUT2D eigenvalue weighted by Gasteiger charge is 2.31. The monoisotopic (exact) mass is 386 g/mol. The second kappa shape index (κ2) is 11.7. The lowest BCUT2D eigenvalue weighted by Gasteiger charge is -2.43. The first-order valence-corrected chi connectivity index (χ1v) is 13.1. The Labute approximate surface area is 162 Å². The number of piperazine rings is 1. The molecule has 0 aromatic carbocycles. The lowest BCUT2D eigenvalue weighted by molar-refractivity contribution is 0.0586. The van der Waals surface area contributed by atoms with Gasteiger partial charge in [0.05, 0.1) is 11.5 Å². The van der Waals surface area contributed by atoms with E-state index >= 15 is 0 Å². The minimum absolute atomic E-state index is 0.398. The molecule has 2 aliphatic rings. The molecule has 0 aromatic heterocycles. The Morgan fingerprint density at radius 2 is 1.38 bits per heavy atom. The van der Waals surface area contributed by atoms with E-state index in [1.807, 2.05) is 0 Å². The fourth-order valence-corrected chi connectivity index (χ4v) is 6.11. The first-order valence-electron chi connectivity index (χ1n) is 11.2. The average Bonchev–Trinajstić information content (AvgIpc) is 2.64. The second-order valence-electron chi connectivity index (χ2n) is 8.45. The molecular formula is C21H42N2O2S. The highest BCUT2D eigenvalue weighted by atomic mass is 32.2. The minimum atomic E-state index is -2.74. The SMILES string of the molecule is CCCCCCCC(CCCC)N1CCN(C2CCS(=O)(=O)CC2)CC1. The molecule has 1 unspecified atom stereocenters. The van der Waals surface area contributed by atoms with Gasteiger partial charge in [-0.15, -0.1) is 0 Å². The van der Waals surface area contributed by atoms with Gasteiger partial charge in [-0.3, -0.25) is 9.80 Å². The van der Waals surface area contributed by atoms with Gasteiger partial charge in [0.2, 0.25) is 0 Å². The first kappa shape index (κ1) is 22.2. The van der Waals surface area contributed by atoms with Crippen molar-refractivity contribution in [3.05, 3.63) is 0 Å². The zero-order valence-corrected chi connectivity index (χ0v) is 18.1. The molecule has 1 atom stereocenters. The zero-order chi connectivity index (χ0) is 18.8. The number of hydrogen-bond acceptors (Lipinski definition) is 4. The molecule has 154 valence electrons. The van der Waals surface area contributed by atoms with Gasteiger partial charge in [0.1, 0.15) is 9.84 Å². The first-order chi connectivity index (χ1) is 12.6. The molecule has 26 heavy (non-hydrogen) atoms. The maximum absolute atomic E-state index is 11.7. The summed E-state index contributed by atoms with van der Waals surface area (Å²) in [5, 5.41) is 0. The van der Waals surface area contributed by atoms with Crippen molar-refractivity contribution in [2.75, 3.05) is 37.7 Å². The third-order valence-corrected chi connectivity index (χ3v) is 8.15. The van der Waals surface area contributed by atoms with Gasteiger partial charge < -0.3 is 0 Å². The minimum Gasteiger partial charge on any atom is -0.298 e. The molecule has 2 rings (SSSR count). The summed E-state index contributed by atoms with van der Waals surface area (Å²) in [6, 6.07) is 1.27. The van der Waals surface area contributed by atoms with Crippen LogP contribution in [0.4, 0.5) is 0 Å². The molecule has 2 heterocycles. The van der Waals surface area contributed by atoms with Crippen LogP contribution in [0.1, 0.15) is 84.5 Å². The van der Waals surface area contributed by atoms with Crippen LogP contribution < -0.4 is 0 Å². The van der Waals surface area contributed by atoms with E-state index in [0.29, 0.717) is 17.5 Å². The lowest BCUT2D eigenvalue weighted by atomic mass is 9.99. The van der Waals surface area contributed by atoms with Gasteiger partial charge in [-0.05, 0) is 25.7 Å². The van der Waals surface area contributed by atoms with E-state index in [9.17, 15) is 8.42 Å². The second-order valence-corrected chi connectivity index (χ2v) is 10.8. The van der Waals surface area contributed by atoms with E-state index in [4.69, 9.17) is 0 Å². The van der Waals surface area contributed by atoms with Crippen LogP contribution in [0.3, 0.4) is 0 Å². The molecule has 2 fully saturated rings. The molecule has 0 aliphatic carbocycles. The molecule has 0 saturated carbocycles. The van der Waals surface area contributed by atoms with Gasteiger partial charge >= 0.3 is 0 Å². The number of sulfone groups is 1. The van der Waals surface area contributed by atoms with Crippen LogP contribution in [-0.4, -0.2) is 68.0 Å². The predicted molar refractivity (Wildman–Crippen MR) is 112 cm³/mol. The van der Waals surface area contributed by atoms with Crippen molar-refractivity contribution in [2.24, 2.45) is 0 Å². The van der Waals surface area contributed by atoms with Crippen molar-refractivity contribution < 1.29 is 8.42 Å². The van der Waals surface area contributed by atoms with E-state index < -0.39 is 9.84 Å². The van der Waals surface area contributed by atoms with Crippen molar-refractivity contribution in [1.29, 1.82) is 0 Å². The van der Waals surface area contributed by atoms with E-state index in [2.05, 4.69) is 23.6 Å². The summed E-state index contributed by atoms with van der Waals surface area (Å²) in [5.74, 6) is 0.795. The van der Waals surface area contributed by atoms with E-state index in [1.54, 1.807) is 0 Å². The summed E-state index contributed by atoms with van der Waals surface area (Å²) < 4.78 is 23.3. The summed E-state index contributed by atoms with van der Waals surface area (Å²) in [6.45, 7) is 9.18. The van der Waals surface area contributed by atoms with E-state index in [-0.39, 0.29) is 0 Å². The van der Waals surface area contributed by atoms with Gasteiger partial charge in [-0.25, -0.2) is 8.42 Å². The van der Waals surface area contributed by atoms with Gasteiger partial charge in [0, 0.05) is 38.3 Å². The fourth-order valence-electron chi connectivity index (χ4n) is 4.64. The van der Waals surface area contributed by atoms with Crippen LogP contribution in [0, 0.1) is 0 Å². The summed E-state index contributed by atoms with van der Waals surface area (Å²) in [5.41, 5.74) is 0. The molecule has 0 N–H and O–H groups in total. The third-order valence-electron chi connectivity index (χ3n) is 6.44. The molecule has 5 heteroatoms. The van der Waals surface area contributed by atoms with Crippen molar-refractivity contribution in [3.8, 4) is 0 Å². The zero-order valence-electron chi connectivity index (χ0n) is 17.3. The maximum Gasteiger partial charge on any atom is 0.150 e. The smallest absolute Gasteiger partial charge is 0.150 e. The summed E-state index contributed by atoms with van der Waals surface area (Å²) in [4.78, 5) is 5.31. The molecule has 0 bridgehead atoms. The maximum atomic E-state index is 11.7. The van der Waals surface area contributed by atoms with Crippen LogP contribution in [0.25, 0.3) is 0 Å². The fraction of sp³-hybridized carbons (Fsp3) is 1.00. The highest BCUT2D eigenvalue weighted by molar-refractivity contribution is 7.91. The summed E-state index contributed by atoms with van der Waals surface area (Å²) >= 11 is 0. The number of unbranched alkanes of at least 4 members (excludes halogenated alkanes) is 5. The van der Waals surface area contributed by atoms with E-state index in [0.717, 1.165) is 32.0 Å². The van der Waals surface area contributed by atoms with Gasteiger partial charge in [-0.1, -0.05) is 58.8 Å². The molecule has 0 aromatic rings. The third kappa shape index (κ3) is 7.47. The Morgan fingerprint density at radius 1 is 0.808 bits per heavy atom. The van der Waals surface area contributed by atoms with Crippen LogP contribution in [0.5, 0.6) is 0 Å². The van der Waals surface area contributed by atoms with Gasteiger partial charge in [-0.2, -0.15) is 0 Å². The van der Waals surface area contributed by atoms with Crippen LogP contribution in [-0.2, 0) is 9.84 Å². The van der Waals surface area contributed by atoms with Crippen LogP contribution >= 0.6 is 0 Å². The van der Waals surface area contributed by atoms with Crippen LogP contribution in [0.2, 0.25) is 0 Å². The highest BCUT2D eigenvalue weighted by Crippen LogP contribution is 2.23.